The first kappa shape index (κ1) is 33.0. The third-order valence-corrected chi connectivity index (χ3v) is 13.4. The molecule has 12 rings (SSSR count). The van der Waals surface area contributed by atoms with E-state index in [1.165, 1.54) is 75.4 Å². The smallest absolute Gasteiger partial charge is 0.0714 e. The van der Waals surface area contributed by atoms with Gasteiger partial charge in [0.15, 0.2) is 0 Å². The summed E-state index contributed by atoms with van der Waals surface area (Å²) < 4.78 is 4.96. The molecule has 1 aliphatic carbocycles. The first-order valence-corrected chi connectivity index (χ1v) is 20.7. The number of thiophene rings is 1. The molecule has 0 aliphatic heterocycles. The Morgan fingerprint density at radius 3 is 1.69 bits per heavy atom. The molecule has 0 amide bonds. The Morgan fingerprint density at radius 1 is 0.362 bits per heavy atom. The molecule has 9 aromatic carbocycles. The van der Waals surface area contributed by atoms with Crippen LogP contribution in [-0.4, -0.2) is 4.57 Å². The zero-order chi connectivity index (χ0) is 38.2. The zero-order valence-electron chi connectivity index (χ0n) is 31.6. The van der Waals surface area contributed by atoms with Gasteiger partial charge in [0, 0.05) is 53.7 Å². The molecule has 2 aromatic heterocycles. The largest absolute Gasteiger partial charge is 0.310 e. The quantitative estimate of drug-likeness (QED) is 0.164. The van der Waals surface area contributed by atoms with Gasteiger partial charge in [-0.3, -0.25) is 0 Å². The summed E-state index contributed by atoms with van der Waals surface area (Å²) in [6.45, 7) is 0. The monoisotopic (exact) mass is 756 g/mol. The standard InChI is InChI=1S/C55H36N2S/c1-4-16-37(17-5-1)55(49-25-13-10-22-43(49)44-23-11-14-26-50(44)55)38-28-31-46-48-36-42(30-33-53(48)58-54(46)34-38)56(39-18-6-2-7-19-39)41-29-32-52-47(35-41)45-24-12-15-27-51(45)57(52)40-20-8-3-9-21-40/h1-36H. The van der Waals surface area contributed by atoms with Gasteiger partial charge >= 0.3 is 0 Å². The summed E-state index contributed by atoms with van der Waals surface area (Å²) in [4.78, 5) is 2.40. The van der Waals surface area contributed by atoms with Crippen LogP contribution in [0.4, 0.5) is 17.1 Å². The molecular weight excluding hydrogens is 721 g/mol. The number of fused-ring (bicyclic) bond motifs is 9. The molecular formula is C55H36N2S. The van der Waals surface area contributed by atoms with Gasteiger partial charge < -0.3 is 9.47 Å². The summed E-state index contributed by atoms with van der Waals surface area (Å²) in [6, 6.07) is 80.4. The van der Waals surface area contributed by atoms with Crippen molar-refractivity contribution >= 4 is 70.4 Å². The second kappa shape index (κ2) is 12.9. The Kier molecular flexibility index (Phi) is 7.35. The van der Waals surface area contributed by atoms with E-state index in [1.54, 1.807) is 0 Å². The number of aromatic nitrogens is 1. The summed E-state index contributed by atoms with van der Waals surface area (Å²) in [6.07, 6.45) is 0. The first-order chi connectivity index (χ1) is 28.8. The normalized spacial score (nSPS) is 13.0. The molecule has 0 radical (unpaired) electrons. The van der Waals surface area contributed by atoms with E-state index in [2.05, 4.69) is 228 Å². The van der Waals surface area contributed by atoms with Gasteiger partial charge in [0.1, 0.15) is 0 Å². The van der Waals surface area contributed by atoms with E-state index in [-0.39, 0.29) is 0 Å². The van der Waals surface area contributed by atoms with Crippen molar-refractivity contribution in [2.24, 2.45) is 0 Å². The molecule has 0 spiro atoms. The highest BCUT2D eigenvalue weighted by molar-refractivity contribution is 7.25. The van der Waals surface area contributed by atoms with Crippen LogP contribution in [0.25, 0.3) is 58.8 Å². The molecule has 2 nitrogen and oxygen atoms in total. The lowest BCUT2D eigenvalue weighted by Crippen LogP contribution is -2.28. The summed E-state index contributed by atoms with van der Waals surface area (Å²) >= 11 is 1.89. The fraction of sp³-hybridized carbons (Fsp3) is 0.0182. The van der Waals surface area contributed by atoms with Crippen LogP contribution in [0.1, 0.15) is 22.3 Å². The van der Waals surface area contributed by atoms with Crippen molar-refractivity contribution in [1.82, 2.24) is 4.57 Å². The van der Waals surface area contributed by atoms with Crippen LogP contribution in [-0.2, 0) is 5.41 Å². The number of hydrogen-bond acceptors (Lipinski definition) is 2. The topological polar surface area (TPSA) is 8.17 Å². The van der Waals surface area contributed by atoms with Gasteiger partial charge in [0.05, 0.1) is 16.4 Å². The third kappa shape index (κ3) is 4.78. The number of benzene rings is 9. The molecule has 0 unspecified atom stereocenters. The van der Waals surface area contributed by atoms with Gasteiger partial charge in [0.2, 0.25) is 0 Å². The minimum atomic E-state index is -0.420. The summed E-state index contributed by atoms with van der Waals surface area (Å²) in [7, 11) is 0. The average Bonchev–Trinajstić information content (AvgIpc) is 3.93. The third-order valence-electron chi connectivity index (χ3n) is 12.2. The lowest BCUT2D eigenvalue weighted by Gasteiger charge is -2.33. The molecule has 0 N–H and O–H groups in total. The number of rotatable bonds is 6. The van der Waals surface area contributed by atoms with E-state index in [9.17, 15) is 0 Å². The van der Waals surface area contributed by atoms with Crippen LogP contribution < -0.4 is 4.90 Å². The van der Waals surface area contributed by atoms with E-state index < -0.39 is 5.41 Å². The fourth-order valence-electron chi connectivity index (χ4n) is 9.83. The maximum Gasteiger partial charge on any atom is 0.0714 e. The molecule has 0 atom stereocenters. The zero-order valence-corrected chi connectivity index (χ0v) is 32.4. The summed E-state index contributed by atoms with van der Waals surface area (Å²) in [5.41, 5.74) is 14.4. The maximum atomic E-state index is 2.47. The van der Waals surface area contributed by atoms with Crippen molar-refractivity contribution < 1.29 is 0 Å². The van der Waals surface area contributed by atoms with Crippen molar-refractivity contribution in [2.45, 2.75) is 5.41 Å². The average molecular weight is 757 g/mol. The Balaban J connectivity index is 1.04. The second-order valence-electron chi connectivity index (χ2n) is 15.3. The van der Waals surface area contributed by atoms with Crippen LogP contribution >= 0.6 is 11.3 Å². The lowest BCUT2D eigenvalue weighted by atomic mass is 9.67. The SMILES string of the molecule is c1ccc(N(c2ccc3sc4cc(C5(c6ccccc6)c6ccccc6-c6ccccc65)ccc4c3c2)c2ccc3c(c2)c2ccccc2n3-c2ccccc2)cc1. The van der Waals surface area contributed by atoms with E-state index in [0.717, 1.165) is 22.7 Å². The molecule has 58 heavy (non-hydrogen) atoms. The Morgan fingerprint density at radius 2 is 0.948 bits per heavy atom. The van der Waals surface area contributed by atoms with Gasteiger partial charge in [-0.15, -0.1) is 11.3 Å². The summed E-state index contributed by atoms with van der Waals surface area (Å²) in [5, 5.41) is 5.03. The highest BCUT2D eigenvalue weighted by Crippen LogP contribution is 2.56. The van der Waals surface area contributed by atoms with Gasteiger partial charge in [-0.2, -0.15) is 0 Å². The number of nitrogens with zero attached hydrogens (tertiary/aromatic N) is 2. The highest BCUT2D eigenvalue weighted by atomic mass is 32.1. The Bertz CT molecular complexity index is 3300. The van der Waals surface area contributed by atoms with Crippen LogP contribution in [0.5, 0.6) is 0 Å². The van der Waals surface area contributed by atoms with Crippen molar-refractivity contribution in [3.8, 4) is 16.8 Å². The highest BCUT2D eigenvalue weighted by Gasteiger charge is 2.46. The van der Waals surface area contributed by atoms with Crippen LogP contribution in [0.3, 0.4) is 0 Å². The summed E-state index contributed by atoms with van der Waals surface area (Å²) in [5.74, 6) is 0. The van der Waals surface area contributed by atoms with Gasteiger partial charge in [-0.25, -0.2) is 0 Å². The molecule has 0 bridgehead atoms. The number of anilines is 3. The number of para-hydroxylation sites is 3. The van der Waals surface area contributed by atoms with Crippen molar-refractivity contribution in [2.75, 3.05) is 4.90 Å². The molecule has 3 heteroatoms. The maximum absolute atomic E-state index is 2.47. The number of hydrogen-bond donors (Lipinski definition) is 0. The predicted octanol–water partition coefficient (Wildman–Crippen LogP) is 15.0. The Hall–Kier alpha value is -7.20. The molecule has 0 fully saturated rings. The molecule has 272 valence electrons. The first-order valence-electron chi connectivity index (χ1n) is 19.9. The lowest BCUT2D eigenvalue weighted by molar-refractivity contribution is 0.770. The Labute approximate surface area is 341 Å². The minimum Gasteiger partial charge on any atom is -0.310 e. The molecule has 2 heterocycles. The van der Waals surface area contributed by atoms with E-state index in [1.807, 2.05) is 11.3 Å². The minimum absolute atomic E-state index is 0.420. The van der Waals surface area contributed by atoms with Crippen LogP contribution in [0.2, 0.25) is 0 Å². The molecule has 11 aromatic rings. The van der Waals surface area contributed by atoms with Gasteiger partial charge in [-0.1, -0.05) is 146 Å². The van der Waals surface area contributed by atoms with Crippen LogP contribution in [0.15, 0.2) is 218 Å². The fourth-order valence-corrected chi connectivity index (χ4v) is 11.0. The predicted molar refractivity (Wildman–Crippen MR) is 246 cm³/mol. The second-order valence-corrected chi connectivity index (χ2v) is 16.3. The van der Waals surface area contributed by atoms with Crippen molar-refractivity contribution in [3.63, 3.8) is 0 Å². The molecule has 0 saturated carbocycles. The van der Waals surface area contributed by atoms with E-state index in [0.29, 0.717) is 0 Å². The van der Waals surface area contributed by atoms with E-state index >= 15 is 0 Å². The molecule has 1 aliphatic rings. The molecule has 0 saturated heterocycles. The van der Waals surface area contributed by atoms with E-state index in [4.69, 9.17) is 0 Å². The van der Waals surface area contributed by atoms with Crippen molar-refractivity contribution in [1.29, 1.82) is 0 Å². The van der Waals surface area contributed by atoms with Crippen molar-refractivity contribution in [3.05, 3.63) is 241 Å². The van der Waals surface area contributed by atoms with Gasteiger partial charge in [0.25, 0.3) is 0 Å². The van der Waals surface area contributed by atoms with Gasteiger partial charge in [-0.05, 0) is 106 Å². The van der Waals surface area contributed by atoms with Crippen LogP contribution in [0, 0.1) is 0 Å².